The lowest BCUT2D eigenvalue weighted by Gasteiger charge is -1.84. The van der Waals surface area contributed by atoms with Crippen molar-refractivity contribution in [2.24, 2.45) is 10.7 Å². The van der Waals surface area contributed by atoms with E-state index >= 15 is 0 Å². The zero-order valence-corrected chi connectivity index (χ0v) is 5.02. The molecule has 0 saturated heterocycles. The molecule has 0 unspecified atom stereocenters. The SMILES string of the molecule is C=C(C)C=NC(=C)N. The Morgan fingerprint density at radius 3 is 2.25 bits per heavy atom. The number of hydrogen-bond donors (Lipinski definition) is 1. The minimum absolute atomic E-state index is 0.313. The van der Waals surface area contributed by atoms with E-state index < -0.39 is 0 Å². The smallest absolute Gasteiger partial charge is 0.115 e. The van der Waals surface area contributed by atoms with Gasteiger partial charge in [0.1, 0.15) is 5.82 Å². The van der Waals surface area contributed by atoms with Crippen LogP contribution < -0.4 is 5.73 Å². The topological polar surface area (TPSA) is 38.4 Å². The molecule has 0 spiro atoms. The Labute approximate surface area is 49.4 Å². The first-order valence-electron chi connectivity index (χ1n) is 2.27. The van der Waals surface area contributed by atoms with Gasteiger partial charge in [-0.1, -0.05) is 13.2 Å². The Hall–Kier alpha value is -1.05. The Morgan fingerprint density at radius 1 is 1.62 bits per heavy atom. The minimum atomic E-state index is 0.313. The summed E-state index contributed by atoms with van der Waals surface area (Å²) in [6.07, 6.45) is 1.57. The molecule has 8 heavy (non-hydrogen) atoms. The van der Waals surface area contributed by atoms with Gasteiger partial charge in [-0.15, -0.1) is 0 Å². The molecule has 0 radical (unpaired) electrons. The summed E-state index contributed by atoms with van der Waals surface area (Å²) in [4.78, 5) is 3.68. The van der Waals surface area contributed by atoms with E-state index in [1.165, 1.54) is 0 Å². The van der Waals surface area contributed by atoms with Crippen molar-refractivity contribution >= 4 is 6.21 Å². The second-order valence-corrected chi connectivity index (χ2v) is 1.60. The molecular formula is C6H10N2. The van der Waals surface area contributed by atoms with Crippen LogP contribution in [0.4, 0.5) is 0 Å². The fourth-order valence-corrected chi connectivity index (χ4v) is 0.193. The zero-order valence-electron chi connectivity index (χ0n) is 5.02. The number of nitrogens with zero attached hydrogens (tertiary/aromatic N) is 1. The van der Waals surface area contributed by atoms with Crippen molar-refractivity contribution in [3.8, 4) is 0 Å². The van der Waals surface area contributed by atoms with Crippen molar-refractivity contribution < 1.29 is 0 Å². The summed E-state index contributed by atoms with van der Waals surface area (Å²) in [6, 6.07) is 0. The van der Waals surface area contributed by atoms with Crippen molar-refractivity contribution in [3.63, 3.8) is 0 Å². The number of aliphatic imine (C=N–C) groups is 1. The second kappa shape index (κ2) is 3.02. The summed E-state index contributed by atoms with van der Waals surface area (Å²) in [6.45, 7) is 8.79. The predicted octanol–water partition coefficient (Wildman–Crippen LogP) is 1.06. The van der Waals surface area contributed by atoms with Crippen molar-refractivity contribution in [1.29, 1.82) is 0 Å². The van der Waals surface area contributed by atoms with Crippen LogP contribution in [0, 0.1) is 0 Å². The molecule has 0 bridgehead atoms. The summed E-state index contributed by atoms with van der Waals surface area (Å²) in [5, 5.41) is 0. The Balaban J connectivity index is 3.67. The third-order valence-electron chi connectivity index (χ3n) is 0.451. The molecular weight excluding hydrogens is 100 g/mol. The summed E-state index contributed by atoms with van der Waals surface area (Å²) in [7, 11) is 0. The molecule has 0 aliphatic heterocycles. The van der Waals surface area contributed by atoms with Crippen LogP contribution in [-0.4, -0.2) is 6.21 Å². The first-order chi connectivity index (χ1) is 3.63. The van der Waals surface area contributed by atoms with Gasteiger partial charge in [0.2, 0.25) is 0 Å². The molecule has 0 aromatic heterocycles. The van der Waals surface area contributed by atoms with Gasteiger partial charge < -0.3 is 5.73 Å². The van der Waals surface area contributed by atoms with Gasteiger partial charge in [-0.05, 0) is 12.5 Å². The Morgan fingerprint density at radius 2 is 2.12 bits per heavy atom. The highest BCUT2D eigenvalue weighted by Crippen LogP contribution is 1.82. The van der Waals surface area contributed by atoms with E-state index in [1.54, 1.807) is 6.21 Å². The van der Waals surface area contributed by atoms with Gasteiger partial charge in [0.05, 0.1) is 0 Å². The number of rotatable bonds is 2. The molecule has 0 fully saturated rings. The molecule has 0 aliphatic carbocycles. The van der Waals surface area contributed by atoms with E-state index in [-0.39, 0.29) is 0 Å². The molecule has 0 saturated carbocycles. The minimum Gasteiger partial charge on any atom is -0.384 e. The van der Waals surface area contributed by atoms with Crippen molar-refractivity contribution in [2.75, 3.05) is 0 Å². The van der Waals surface area contributed by atoms with Crippen LogP contribution >= 0.6 is 0 Å². The van der Waals surface area contributed by atoms with Gasteiger partial charge in [0.25, 0.3) is 0 Å². The molecule has 0 aromatic carbocycles. The first kappa shape index (κ1) is 6.95. The summed E-state index contributed by atoms with van der Waals surface area (Å²) in [5.74, 6) is 0.313. The Bertz CT molecular complexity index is 117. The van der Waals surface area contributed by atoms with E-state index in [2.05, 4.69) is 18.2 Å². The average molecular weight is 110 g/mol. The van der Waals surface area contributed by atoms with E-state index in [9.17, 15) is 0 Å². The summed E-state index contributed by atoms with van der Waals surface area (Å²) >= 11 is 0. The molecule has 0 amide bonds. The number of allylic oxidation sites excluding steroid dienone is 1. The van der Waals surface area contributed by atoms with Gasteiger partial charge in [-0.2, -0.15) is 0 Å². The fourth-order valence-electron chi connectivity index (χ4n) is 0.193. The maximum atomic E-state index is 5.11. The first-order valence-corrected chi connectivity index (χ1v) is 2.27. The molecule has 0 atom stereocenters. The molecule has 0 heterocycles. The third-order valence-corrected chi connectivity index (χ3v) is 0.451. The lowest BCUT2D eigenvalue weighted by atomic mass is 10.4. The van der Waals surface area contributed by atoms with E-state index in [0.29, 0.717) is 5.82 Å². The van der Waals surface area contributed by atoms with Crippen LogP contribution in [-0.2, 0) is 0 Å². The van der Waals surface area contributed by atoms with Gasteiger partial charge in [0, 0.05) is 6.21 Å². The van der Waals surface area contributed by atoms with Crippen molar-refractivity contribution in [1.82, 2.24) is 0 Å². The van der Waals surface area contributed by atoms with Gasteiger partial charge in [-0.25, -0.2) is 4.99 Å². The highest BCUT2D eigenvalue weighted by molar-refractivity contribution is 5.77. The third kappa shape index (κ3) is 4.95. The van der Waals surface area contributed by atoms with Crippen LogP contribution in [0.3, 0.4) is 0 Å². The Kier molecular flexibility index (Phi) is 2.62. The van der Waals surface area contributed by atoms with Crippen LogP contribution in [0.15, 0.2) is 29.5 Å². The second-order valence-electron chi connectivity index (χ2n) is 1.60. The summed E-state index contributed by atoms with van der Waals surface area (Å²) in [5.41, 5.74) is 5.98. The normalized spacial score (nSPS) is 9.62. The van der Waals surface area contributed by atoms with Gasteiger partial charge in [-0.3, -0.25) is 0 Å². The van der Waals surface area contributed by atoms with Crippen LogP contribution in [0.1, 0.15) is 6.92 Å². The molecule has 0 rings (SSSR count). The van der Waals surface area contributed by atoms with E-state index in [1.807, 2.05) is 6.92 Å². The number of nitrogens with two attached hydrogens (primary N) is 1. The highest BCUT2D eigenvalue weighted by atomic mass is 14.9. The highest BCUT2D eigenvalue weighted by Gasteiger charge is 1.73. The summed E-state index contributed by atoms with van der Waals surface area (Å²) < 4.78 is 0. The van der Waals surface area contributed by atoms with Gasteiger partial charge >= 0.3 is 0 Å². The van der Waals surface area contributed by atoms with Crippen LogP contribution in [0.5, 0.6) is 0 Å². The van der Waals surface area contributed by atoms with Crippen LogP contribution in [0.2, 0.25) is 0 Å². The molecule has 0 aromatic rings. The largest absolute Gasteiger partial charge is 0.384 e. The lowest BCUT2D eigenvalue weighted by Crippen LogP contribution is -1.90. The lowest BCUT2D eigenvalue weighted by molar-refractivity contribution is 1.27. The quantitative estimate of drug-likeness (QED) is 0.530. The molecule has 2 nitrogen and oxygen atoms in total. The maximum Gasteiger partial charge on any atom is 0.115 e. The van der Waals surface area contributed by atoms with E-state index in [0.717, 1.165) is 5.57 Å². The predicted molar refractivity (Wildman–Crippen MR) is 36.6 cm³/mol. The van der Waals surface area contributed by atoms with Crippen molar-refractivity contribution in [3.05, 3.63) is 24.6 Å². The monoisotopic (exact) mass is 110 g/mol. The molecule has 2 heteroatoms. The maximum absolute atomic E-state index is 5.11. The van der Waals surface area contributed by atoms with Crippen molar-refractivity contribution in [2.45, 2.75) is 6.92 Å². The average Bonchev–Trinajstić information content (AvgIpc) is 1.61. The molecule has 0 aliphatic rings. The zero-order chi connectivity index (χ0) is 6.57. The standard InChI is InChI=1S/C6H10N2/c1-5(2)4-8-6(3)7/h4H,1,3,7H2,2H3. The van der Waals surface area contributed by atoms with E-state index in [4.69, 9.17) is 5.73 Å². The fraction of sp³-hybridized carbons (Fsp3) is 0.167. The number of hydrogen-bond acceptors (Lipinski definition) is 2. The molecule has 2 N–H and O–H groups in total. The van der Waals surface area contributed by atoms with Gasteiger partial charge in [0.15, 0.2) is 0 Å². The molecule has 44 valence electrons. The van der Waals surface area contributed by atoms with Crippen LogP contribution in [0.25, 0.3) is 0 Å².